The third-order valence-electron chi connectivity index (χ3n) is 0.964. The van der Waals surface area contributed by atoms with Crippen molar-refractivity contribution in [3.05, 3.63) is 17.9 Å². The molecule has 0 aliphatic rings. The van der Waals surface area contributed by atoms with Gasteiger partial charge in [-0.15, -0.1) is 74.9 Å². The highest BCUT2D eigenvalue weighted by atomic mass is 127. The maximum Gasteiger partial charge on any atom is -0.0693 e. The maximum atomic E-state index is 2.39. The third-order valence-corrected chi connectivity index (χ3v) is 11.5. The molecule has 0 atom stereocenters. The van der Waals surface area contributed by atoms with Gasteiger partial charge in [0.15, 0.2) is 0 Å². The van der Waals surface area contributed by atoms with E-state index in [1.54, 1.807) is 0 Å². The van der Waals surface area contributed by atoms with Crippen molar-refractivity contribution in [2.75, 3.05) is 0 Å². The number of rotatable bonds is 0. The Bertz CT molecular complexity index is 181. The van der Waals surface area contributed by atoms with Crippen LogP contribution in [0.3, 0.4) is 0 Å². The van der Waals surface area contributed by atoms with Gasteiger partial charge in [0, 0.05) is 0 Å². The lowest BCUT2D eigenvalue weighted by molar-refractivity contribution is 1.70. The Morgan fingerprint density at radius 1 is 0.800 bits per heavy atom. The Morgan fingerprint density at radius 2 is 1.10 bits per heavy atom. The maximum absolute atomic E-state index is 2.39. The van der Waals surface area contributed by atoms with E-state index < -0.39 is 0 Å². The highest BCUT2D eigenvalue weighted by molar-refractivity contribution is 14.1. The molecule has 0 spiro atoms. The van der Waals surface area contributed by atoms with Crippen molar-refractivity contribution in [2.45, 2.75) is 0 Å². The van der Waals surface area contributed by atoms with E-state index in [1.165, 1.54) is 17.9 Å². The number of hydrogen-bond donors (Lipinski definition) is 0. The minimum Gasteiger partial charge on any atom is -0.140 e. The van der Waals surface area contributed by atoms with Crippen molar-refractivity contribution >= 4 is 113 Å². The van der Waals surface area contributed by atoms with Crippen LogP contribution >= 0.6 is 113 Å². The average Bonchev–Trinajstić information content (AvgIpc) is 2.07. The normalized spacial score (nSPS) is 10.5. The van der Waals surface area contributed by atoms with Gasteiger partial charge in [-0.2, -0.15) is 0 Å². The van der Waals surface area contributed by atoms with Crippen LogP contribution in [0.25, 0.3) is 0 Å². The van der Waals surface area contributed by atoms with Gasteiger partial charge in [-0.05, 0) is 0 Å². The highest BCUT2D eigenvalue weighted by Gasteiger charge is 2.02. The van der Waals surface area contributed by atoms with Crippen LogP contribution in [0, 0.1) is 17.9 Å². The molecule has 0 unspecified atom stereocenters. The van der Waals surface area contributed by atoms with Gasteiger partial charge in [0.25, 0.3) is 0 Å². The summed E-state index contributed by atoms with van der Waals surface area (Å²) in [5, 5.41) is 0. The quantitative estimate of drug-likeness (QED) is 0.279. The third kappa shape index (κ3) is 2.08. The Kier molecular flexibility index (Phi) is 4.96. The largest absolute Gasteiger partial charge is 0.140 e. The Balaban J connectivity index is 3.44. The first kappa shape index (κ1) is 11.1. The molecule has 0 heterocycles. The molecule has 1 aromatic carbocycles. The van der Waals surface area contributed by atoms with Gasteiger partial charge in [-0.1, -0.05) is 55.9 Å². The summed E-state index contributed by atoms with van der Waals surface area (Å²) in [4.78, 5) is 0. The Hall–Kier alpha value is 3.00. The molecule has 0 aliphatic heterocycles. The molecule has 0 N–H and O–H groups in total. The summed E-state index contributed by atoms with van der Waals surface area (Å²) >= 11 is 12.0. The average molecular weight is 695 g/mol. The summed E-state index contributed by atoms with van der Waals surface area (Å²) in [5.74, 6) is 0. The van der Waals surface area contributed by atoms with E-state index in [9.17, 15) is 0 Å². The van der Waals surface area contributed by atoms with E-state index in [2.05, 4.69) is 113 Å². The molecular formula is C5I5-. The van der Waals surface area contributed by atoms with E-state index in [1.807, 2.05) is 0 Å². The van der Waals surface area contributed by atoms with E-state index in [0.717, 1.165) is 0 Å². The molecule has 10 heavy (non-hydrogen) atoms. The van der Waals surface area contributed by atoms with Crippen molar-refractivity contribution in [3.63, 3.8) is 0 Å². The molecule has 5 heteroatoms. The molecule has 1 aromatic rings. The molecule has 0 saturated heterocycles. The molecule has 0 fully saturated rings. The van der Waals surface area contributed by atoms with Gasteiger partial charge in [0.05, 0.1) is 0 Å². The fraction of sp³-hybridized carbons (Fsp3) is 0. The molecule has 0 amide bonds. The molecule has 0 radical (unpaired) electrons. The summed E-state index contributed by atoms with van der Waals surface area (Å²) < 4.78 is 6.98. The van der Waals surface area contributed by atoms with Crippen molar-refractivity contribution in [1.82, 2.24) is 0 Å². The lowest BCUT2D eigenvalue weighted by Gasteiger charge is -1.96. The lowest BCUT2D eigenvalue weighted by Crippen LogP contribution is -1.71. The van der Waals surface area contributed by atoms with E-state index >= 15 is 0 Å². The molecule has 0 aromatic heterocycles. The second kappa shape index (κ2) is 4.48. The number of halogens is 5. The van der Waals surface area contributed by atoms with Crippen molar-refractivity contribution in [3.8, 4) is 0 Å². The second-order valence-corrected chi connectivity index (χ2v) is 6.96. The van der Waals surface area contributed by atoms with Crippen molar-refractivity contribution in [1.29, 1.82) is 0 Å². The van der Waals surface area contributed by atoms with Crippen LogP contribution in [0.4, 0.5) is 0 Å². The smallest absolute Gasteiger partial charge is 0.0693 e. The minimum atomic E-state index is 1.40. The Labute approximate surface area is 128 Å². The molecule has 0 aliphatic carbocycles. The summed E-state index contributed by atoms with van der Waals surface area (Å²) in [6, 6.07) is 0. The zero-order chi connectivity index (χ0) is 7.89. The predicted molar refractivity (Wildman–Crippen MR) is 85.6 cm³/mol. The van der Waals surface area contributed by atoms with Crippen LogP contribution < -0.4 is 0 Å². The van der Waals surface area contributed by atoms with E-state index in [0.29, 0.717) is 0 Å². The number of hydrogen-bond acceptors (Lipinski definition) is 0. The fourth-order valence-corrected chi connectivity index (χ4v) is 5.76. The van der Waals surface area contributed by atoms with Crippen LogP contribution in [-0.2, 0) is 0 Å². The molecular weight excluding hydrogens is 695 g/mol. The van der Waals surface area contributed by atoms with Crippen LogP contribution in [0.15, 0.2) is 0 Å². The summed E-state index contributed by atoms with van der Waals surface area (Å²) in [6.07, 6.45) is 0. The van der Waals surface area contributed by atoms with Gasteiger partial charge >= 0.3 is 0 Å². The first-order valence-electron chi connectivity index (χ1n) is 2.19. The summed E-state index contributed by atoms with van der Waals surface area (Å²) in [7, 11) is 0. The first-order valence-corrected chi connectivity index (χ1v) is 7.59. The minimum absolute atomic E-state index is 1.40. The monoisotopic (exact) mass is 695 g/mol. The van der Waals surface area contributed by atoms with Gasteiger partial charge in [0.2, 0.25) is 0 Å². The van der Waals surface area contributed by atoms with Crippen LogP contribution in [0.1, 0.15) is 0 Å². The zero-order valence-electron chi connectivity index (χ0n) is 4.39. The van der Waals surface area contributed by atoms with E-state index in [-0.39, 0.29) is 0 Å². The lowest BCUT2D eigenvalue weighted by atomic mass is 10.7. The first-order chi connectivity index (χ1) is 4.55. The standard InChI is InChI=1S/C5I5/c6-1-2(7)4(9)5(10)3(1)8/q-1. The molecule has 0 bridgehead atoms. The van der Waals surface area contributed by atoms with Gasteiger partial charge in [-0.25, -0.2) is 0 Å². The second-order valence-electron chi connectivity index (χ2n) is 1.57. The van der Waals surface area contributed by atoms with Gasteiger partial charge in [0.1, 0.15) is 0 Å². The topological polar surface area (TPSA) is 0 Å². The molecule has 0 nitrogen and oxygen atoms in total. The van der Waals surface area contributed by atoms with E-state index in [4.69, 9.17) is 0 Å². The van der Waals surface area contributed by atoms with Gasteiger partial charge < -0.3 is 0 Å². The van der Waals surface area contributed by atoms with Crippen molar-refractivity contribution < 1.29 is 0 Å². The summed E-state index contributed by atoms with van der Waals surface area (Å²) in [5.41, 5.74) is 0. The highest BCUT2D eigenvalue weighted by Crippen LogP contribution is 2.33. The molecule has 0 saturated carbocycles. The summed E-state index contributed by atoms with van der Waals surface area (Å²) in [6.45, 7) is 0. The zero-order valence-corrected chi connectivity index (χ0v) is 15.2. The molecule has 56 valence electrons. The van der Waals surface area contributed by atoms with Crippen LogP contribution in [0.2, 0.25) is 0 Å². The fourth-order valence-electron chi connectivity index (χ4n) is 0.482. The SMILES string of the molecule is Ic1c(I)c(I)[c-](I)c1I. The predicted octanol–water partition coefficient (Wildman–Crippen LogP) is 4.43. The molecule has 1 rings (SSSR count). The Morgan fingerprint density at radius 3 is 1.20 bits per heavy atom. The van der Waals surface area contributed by atoms with Gasteiger partial charge in [-0.3, -0.25) is 0 Å². The van der Waals surface area contributed by atoms with Crippen LogP contribution in [-0.4, -0.2) is 0 Å². The van der Waals surface area contributed by atoms with Crippen LogP contribution in [0.5, 0.6) is 0 Å². The van der Waals surface area contributed by atoms with Crippen molar-refractivity contribution in [2.24, 2.45) is 0 Å².